The Labute approximate surface area is 112 Å². The van der Waals surface area contributed by atoms with Gasteiger partial charge in [-0.3, -0.25) is 9.64 Å². The maximum Gasteiger partial charge on any atom is 0.522 e. The lowest BCUT2D eigenvalue weighted by Gasteiger charge is -2.46. The highest BCUT2D eigenvalue weighted by atomic mass is 19.4. The second-order valence-electron chi connectivity index (χ2n) is 5.70. The van der Waals surface area contributed by atoms with E-state index in [0.29, 0.717) is 12.6 Å². The van der Waals surface area contributed by atoms with Crippen LogP contribution in [0.4, 0.5) is 13.2 Å². The Hall–Kier alpha value is -0.330. The van der Waals surface area contributed by atoms with E-state index < -0.39 is 6.36 Å². The molecule has 112 valence electrons. The molecule has 0 amide bonds. The second kappa shape index (κ2) is 5.97. The van der Waals surface area contributed by atoms with Crippen LogP contribution in [-0.4, -0.2) is 49.1 Å². The third kappa shape index (κ3) is 4.07. The number of hydrogen-bond donors (Lipinski definition) is 1. The van der Waals surface area contributed by atoms with Gasteiger partial charge in [0.2, 0.25) is 0 Å². The molecule has 1 unspecified atom stereocenters. The molecule has 0 aromatic heterocycles. The van der Waals surface area contributed by atoms with E-state index in [1.54, 1.807) is 0 Å². The van der Waals surface area contributed by atoms with Crippen molar-refractivity contribution in [2.24, 2.45) is 0 Å². The average molecular weight is 280 g/mol. The molecule has 1 spiro atoms. The third-order valence-electron chi connectivity index (χ3n) is 4.41. The minimum Gasteiger partial charge on any atom is -0.308 e. The van der Waals surface area contributed by atoms with E-state index in [4.69, 9.17) is 0 Å². The molecular formula is C13H23F3N2O. The van der Waals surface area contributed by atoms with Crippen molar-refractivity contribution in [3.63, 3.8) is 0 Å². The van der Waals surface area contributed by atoms with E-state index >= 15 is 0 Å². The number of halogens is 3. The van der Waals surface area contributed by atoms with Gasteiger partial charge in [-0.25, -0.2) is 0 Å². The Balaban J connectivity index is 1.87. The van der Waals surface area contributed by atoms with Gasteiger partial charge in [-0.2, -0.15) is 0 Å². The van der Waals surface area contributed by atoms with Crippen LogP contribution in [0.5, 0.6) is 0 Å². The van der Waals surface area contributed by atoms with Gasteiger partial charge >= 0.3 is 6.36 Å². The Bertz CT molecular complexity index is 290. The third-order valence-corrected chi connectivity index (χ3v) is 4.41. The standard InChI is InChI=1S/C13H23F3N2O/c1-2-11-9-17-12(5-3-4-6-12)10-18(11)7-8-19-13(14,15)16/h11,17H,2-10H2,1H3. The van der Waals surface area contributed by atoms with Gasteiger partial charge in [-0.05, 0) is 19.3 Å². The molecule has 0 aromatic carbocycles. The monoisotopic (exact) mass is 280 g/mol. The lowest BCUT2D eigenvalue weighted by Crippen LogP contribution is -2.63. The fourth-order valence-electron chi connectivity index (χ4n) is 3.37. The van der Waals surface area contributed by atoms with Gasteiger partial charge in [0.1, 0.15) is 0 Å². The van der Waals surface area contributed by atoms with Gasteiger partial charge < -0.3 is 5.32 Å². The van der Waals surface area contributed by atoms with Crippen molar-refractivity contribution in [3.8, 4) is 0 Å². The van der Waals surface area contributed by atoms with Gasteiger partial charge in [-0.1, -0.05) is 19.8 Å². The van der Waals surface area contributed by atoms with Crippen LogP contribution < -0.4 is 5.32 Å². The Morgan fingerprint density at radius 2 is 2.00 bits per heavy atom. The van der Waals surface area contributed by atoms with E-state index in [2.05, 4.69) is 21.9 Å². The molecule has 0 aromatic rings. The van der Waals surface area contributed by atoms with Crippen molar-refractivity contribution in [3.05, 3.63) is 0 Å². The van der Waals surface area contributed by atoms with Crippen LogP contribution in [0.3, 0.4) is 0 Å². The number of ether oxygens (including phenoxy) is 1. The minimum atomic E-state index is -4.51. The number of alkyl halides is 3. The first-order valence-electron chi connectivity index (χ1n) is 7.14. The zero-order valence-electron chi connectivity index (χ0n) is 11.4. The zero-order valence-corrected chi connectivity index (χ0v) is 11.4. The highest BCUT2D eigenvalue weighted by Gasteiger charge is 2.40. The summed E-state index contributed by atoms with van der Waals surface area (Å²) in [7, 11) is 0. The molecule has 0 bridgehead atoms. The number of piperazine rings is 1. The van der Waals surface area contributed by atoms with E-state index in [9.17, 15) is 13.2 Å². The molecule has 6 heteroatoms. The summed E-state index contributed by atoms with van der Waals surface area (Å²) in [6, 6.07) is 0.322. The summed E-state index contributed by atoms with van der Waals surface area (Å²) in [4.78, 5) is 2.17. The zero-order chi connectivity index (χ0) is 13.9. The maximum atomic E-state index is 12.0. The molecule has 1 aliphatic heterocycles. The first-order valence-corrected chi connectivity index (χ1v) is 7.14. The summed E-state index contributed by atoms with van der Waals surface area (Å²) in [5.74, 6) is 0. The second-order valence-corrected chi connectivity index (χ2v) is 5.70. The molecule has 0 radical (unpaired) electrons. The van der Waals surface area contributed by atoms with Crippen LogP contribution in [0.2, 0.25) is 0 Å². The Kier molecular flexibility index (Phi) is 4.74. The molecule has 1 atom stereocenters. The molecule has 1 saturated carbocycles. The van der Waals surface area contributed by atoms with Crippen LogP contribution >= 0.6 is 0 Å². The van der Waals surface area contributed by atoms with E-state index in [1.165, 1.54) is 12.8 Å². The van der Waals surface area contributed by atoms with Gasteiger partial charge in [0.25, 0.3) is 0 Å². The quantitative estimate of drug-likeness (QED) is 0.856. The van der Waals surface area contributed by atoms with Gasteiger partial charge in [0, 0.05) is 31.2 Å². The average Bonchev–Trinajstić information content (AvgIpc) is 2.76. The molecular weight excluding hydrogens is 257 g/mol. The van der Waals surface area contributed by atoms with Crippen LogP contribution in [-0.2, 0) is 4.74 Å². The van der Waals surface area contributed by atoms with Gasteiger partial charge in [-0.15, -0.1) is 13.2 Å². The summed E-state index contributed by atoms with van der Waals surface area (Å²) in [5.41, 5.74) is 0.143. The van der Waals surface area contributed by atoms with Crippen molar-refractivity contribution in [2.75, 3.05) is 26.2 Å². The normalized spacial score (nSPS) is 28.1. The van der Waals surface area contributed by atoms with E-state index in [1.807, 2.05) is 0 Å². The highest BCUT2D eigenvalue weighted by Crippen LogP contribution is 2.33. The van der Waals surface area contributed by atoms with Crippen molar-refractivity contribution in [1.82, 2.24) is 10.2 Å². The Morgan fingerprint density at radius 3 is 2.58 bits per heavy atom. The number of nitrogens with zero attached hydrogens (tertiary/aromatic N) is 1. The summed E-state index contributed by atoms with van der Waals surface area (Å²) in [5, 5.41) is 3.63. The molecule has 1 N–H and O–H groups in total. The van der Waals surface area contributed by atoms with Crippen LogP contribution in [0.15, 0.2) is 0 Å². The summed E-state index contributed by atoms with van der Waals surface area (Å²) >= 11 is 0. The predicted octanol–water partition coefficient (Wildman–Crippen LogP) is 2.52. The largest absolute Gasteiger partial charge is 0.522 e. The van der Waals surface area contributed by atoms with Crippen molar-refractivity contribution >= 4 is 0 Å². The predicted molar refractivity (Wildman–Crippen MR) is 66.9 cm³/mol. The first-order chi connectivity index (χ1) is 8.94. The van der Waals surface area contributed by atoms with Crippen molar-refractivity contribution in [1.29, 1.82) is 0 Å². The van der Waals surface area contributed by atoms with Crippen LogP contribution in [0.25, 0.3) is 0 Å². The van der Waals surface area contributed by atoms with Gasteiger partial charge in [0.05, 0.1) is 6.61 Å². The lowest BCUT2D eigenvalue weighted by molar-refractivity contribution is -0.325. The fraction of sp³-hybridized carbons (Fsp3) is 1.00. The summed E-state index contributed by atoms with van der Waals surface area (Å²) in [6.45, 7) is 3.91. The SMILES string of the molecule is CCC1CNC2(CCCC2)CN1CCOC(F)(F)F. The van der Waals surface area contributed by atoms with E-state index in [0.717, 1.165) is 32.4 Å². The van der Waals surface area contributed by atoms with Crippen LogP contribution in [0.1, 0.15) is 39.0 Å². The van der Waals surface area contributed by atoms with Crippen LogP contribution in [0, 0.1) is 0 Å². The minimum absolute atomic E-state index is 0.143. The Morgan fingerprint density at radius 1 is 1.32 bits per heavy atom. The molecule has 2 fully saturated rings. The van der Waals surface area contributed by atoms with E-state index in [-0.39, 0.29) is 12.1 Å². The molecule has 1 heterocycles. The molecule has 2 aliphatic rings. The molecule has 1 saturated heterocycles. The maximum absolute atomic E-state index is 12.0. The topological polar surface area (TPSA) is 24.5 Å². The molecule has 3 nitrogen and oxygen atoms in total. The molecule has 2 rings (SSSR count). The van der Waals surface area contributed by atoms with Crippen molar-refractivity contribution < 1.29 is 17.9 Å². The fourth-order valence-corrected chi connectivity index (χ4v) is 3.37. The summed E-state index contributed by atoms with van der Waals surface area (Å²) in [6.07, 6.45) is 1.16. The highest BCUT2D eigenvalue weighted by molar-refractivity contribution is 5.00. The molecule has 19 heavy (non-hydrogen) atoms. The number of nitrogens with one attached hydrogen (secondary N) is 1. The van der Waals surface area contributed by atoms with Gasteiger partial charge in [0.15, 0.2) is 0 Å². The number of rotatable bonds is 4. The first kappa shape index (κ1) is 15.1. The lowest BCUT2D eigenvalue weighted by atomic mass is 9.92. The van der Waals surface area contributed by atoms with Crippen molar-refractivity contribution in [2.45, 2.75) is 57.0 Å². The molecule has 1 aliphatic carbocycles. The smallest absolute Gasteiger partial charge is 0.308 e. The number of hydrogen-bond acceptors (Lipinski definition) is 3. The summed E-state index contributed by atoms with van der Waals surface area (Å²) < 4.78 is 40.0.